The second-order valence-electron chi connectivity index (χ2n) is 5.11. The molecular formula is C13H21N3O8S. The normalized spacial score (nSPS) is 14.0. The number of hydrogen-bond acceptors (Lipinski definition) is 7. The fraction of sp³-hybridized carbons (Fsp3) is 0.615. The van der Waals surface area contributed by atoms with Gasteiger partial charge in [-0.3, -0.25) is 19.2 Å². The lowest BCUT2D eigenvalue weighted by Crippen LogP contribution is -2.55. The van der Waals surface area contributed by atoms with Crippen LogP contribution in [0, 0.1) is 0 Å². The Labute approximate surface area is 148 Å². The minimum absolute atomic E-state index is 0.140. The van der Waals surface area contributed by atoms with Crippen molar-refractivity contribution in [2.24, 2.45) is 5.73 Å². The summed E-state index contributed by atoms with van der Waals surface area (Å²) in [5.74, 6) is -5.59. The van der Waals surface area contributed by atoms with Crippen molar-refractivity contribution in [1.29, 1.82) is 0 Å². The van der Waals surface area contributed by atoms with Gasteiger partial charge in [-0.2, -0.15) is 12.6 Å². The lowest BCUT2D eigenvalue weighted by atomic mass is 10.1. The van der Waals surface area contributed by atoms with E-state index in [1.165, 1.54) is 0 Å². The van der Waals surface area contributed by atoms with E-state index in [1.807, 2.05) is 0 Å². The van der Waals surface area contributed by atoms with Crippen LogP contribution in [0.15, 0.2) is 0 Å². The Hall–Kier alpha value is -2.34. The molecule has 2 amide bonds. The van der Waals surface area contributed by atoms with Crippen LogP contribution in [0.4, 0.5) is 0 Å². The quantitative estimate of drug-likeness (QED) is 0.188. The number of nitrogens with one attached hydrogen (secondary N) is 2. The Morgan fingerprint density at radius 1 is 0.840 bits per heavy atom. The van der Waals surface area contributed by atoms with E-state index in [1.54, 1.807) is 0 Å². The zero-order valence-corrected chi connectivity index (χ0v) is 14.1. The van der Waals surface area contributed by atoms with Gasteiger partial charge in [0.15, 0.2) is 0 Å². The van der Waals surface area contributed by atoms with Gasteiger partial charge in [-0.15, -0.1) is 0 Å². The third-order valence-corrected chi connectivity index (χ3v) is 3.45. The molecule has 12 heteroatoms. The van der Waals surface area contributed by atoms with Gasteiger partial charge in [-0.1, -0.05) is 0 Å². The summed E-state index contributed by atoms with van der Waals surface area (Å²) >= 11 is 3.89. The third kappa shape index (κ3) is 9.52. The van der Waals surface area contributed by atoms with Gasteiger partial charge in [0.2, 0.25) is 11.8 Å². The van der Waals surface area contributed by atoms with Crippen LogP contribution < -0.4 is 16.4 Å². The van der Waals surface area contributed by atoms with Gasteiger partial charge in [0.25, 0.3) is 0 Å². The van der Waals surface area contributed by atoms with Gasteiger partial charge < -0.3 is 31.7 Å². The van der Waals surface area contributed by atoms with Crippen LogP contribution >= 0.6 is 12.6 Å². The number of carbonyl (C=O) groups is 5. The van der Waals surface area contributed by atoms with Crippen molar-refractivity contribution in [3.05, 3.63) is 0 Å². The first kappa shape index (κ1) is 22.7. The molecular weight excluding hydrogens is 358 g/mol. The maximum atomic E-state index is 12.0. The SMILES string of the molecule is N[C@@H](CCC(=O)O)C(=O)N[C@@H](CS)C(=O)N[C@@H](CCC(=O)O)C(=O)O. The fourth-order valence-electron chi connectivity index (χ4n) is 1.68. The van der Waals surface area contributed by atoms with Gasteiger partial charge in [0.05, 0.1) is 6.04 Å². The molecule has 0 saturated carbocycles. The number of thiol groups is 1. The molecule has 142 valence electrons. The van der Waals surface area contributed by atoms with E-state index in [-0.39, 0.29) is 25.0 Å². The summed E-state index contributed by atoms with van der Waals surface area (Å²) in [6, 6.07) is -3.81. The Bertz CT molecular complexity index is 527. The zero-order chi connectivity index (χ0) is 19.6. The van der Waals surface area contributed by atoms with Crippen LogP contribution in [0.5, 0.6) is 0 Å². The first-order chi connectivity index (χ1) is 11.6. The molecule has 11 nitrogen and oxygen atoms in total. The van der Waals surface area contributed by atoms with E-state index in [0.717, 1.165) is 0 Å². The predicted molar refractivity (Wildman–Crippen MR) is 87.1 cm³/mol. The number of amides is 2. The summed E-state index contributed by atoms with van der Waals surface area (Å²) in [7, 11) is 0. The van der Waals surface area contributed by atoms with Crippen molar-refractivity contribution in [2.45, 2.75) is 43.8 Å². The highest BCUT2D eigenvalue weighted by Crippen LogP contribution is 2.01. The number of rotatable bonds is 12. The molecule has 0 aromatic carbocycles. The molecule has 0 aromatic rings. The molecule has 0 heterocycles. The number of hydrogen-bond donors (Lipinski definition) is 7. The molecule has 0 unspecified atom stereocenters. The van der Waals surface area contributed by atoms with Crippen molar-refractivity contribution >= 4 is 42.4 Å². The number of carbonyl (C=O) groups excluding carboxylic acids is 2. The van der Waals surface area contributed by atoms with E-state index >= 15 is 0 Å². The van der Waals surface area contributed by atoms with Crippen molar-refractivity contribution in [3.63, 3.8) is 0 Å². The van der Waals surface area contributed by atoms with E-state index in [4.69, 9.17) is 21.1 Å². The van der Waals surface area contributed by atoms with E-state index in [9.17, 15) is 24.0 Å². The van der Waals surface area contributed by atoms with Gasteiger partial charge in [0.1, 0.15) is 12.1 Å². The largest absolute Gasteiger partial charge is 0.481 e. The van der Waals surface area contributed by atoms with Crippen LogP contribution in [0.25, 0.3) is 0 Å². The summed E-state index contributed by atoms with van der Waals surface area (Å²) in [5, 5.41) is 30.5. The summed E-state index contributed by atoms with van der Waals surface area (Å²) in [4.78, 5) is 55.9. The van der Waals surface area contributed by atoms with Crippen LogP contribution in [0.1, 0.15) is 25.7 Å². The van der Waals surface area contributed by atoms with E-state index in [2.05, 4.69) is 23.3 Å². The van der Waals surface area contributed by atoms with Crippen molar-refractivity contribution < 1.29 is 39.3 Å². The lowest BCUT2D eigenvalue weighted by Gasteiger charge is -2.21. The Morgan fingerprint density at radius 2 is 1.32 bits per heavy atom. The molecule has 0 saturated heterocycles. The summed E-state index contributed by atoms with van der Waals surface area (Å²) in [5.41, 5.74) is 5.51. The van der Waals surface area contributed by atoms with Crippen LogP contribution in [0.3, 0.4) is 0 Å². The molecule has 0 rings (SSSR count). The van der Waals surface area contributed by atoms with Gasteiger partial charge >= 0.3 is 17.9 Å². The van der Waals surface area contributed by atoms with Crippen LogP contribution in [-0.4, -0.2) is 68.9 Å². The maximum absolute atomic E-state index is 12.0. The van der Waals surface area contributed by atoms with Crippen LogP contribution in [0.2, 0.25) is 0 Å². The molecule has 0 aromatic heterocycles. The third-order valence-electron chi connectivity index (χ3n) is 3.08. The monoisotopic (exact) mass is 379 g/mol. The molecule has 0 aliphatic heterocycles. The minimum Gasteiger partial charge on any atom is -0.481 e. The highest BCUT2D eigenvalue weighted by Gasteiger charge is 2.27. The molecule has 7 N–H and O–H groups in total. The molecule has 0 spiro atoms. The topological polar surface area (TPSA) is 196 Å². The number of aliphatic carboxylic acids is 3. The Kier molecular flexibility index (Phi) is 10.2. The Balaban J connectivity index is 4.71. The molecule has 0 radical (unpaired) electrons. The molecule has 0 aliphatic rings. The number of carboxylic acids is 3. The second-order valence-corrected chi connectivity index (χ2v) is 5.48. The van der Waals surface area contributed by atoms with Crippen LogP contribution in [-0.2, 0) is 24.0 Å². The van der Waals surface area contributed by atoms with Gasteiger partial charge in [-0.25, -0.2) is 4.79 Å². The number of nitrogens with two attached hydrogens (primary N) is 1. The van der Waals surface area contributed by atoms with Crippen molar-refractivity contribution in [2.75, 3.05) is 5.75 Å². The van der Waals surface area contributed by atoms with E-state index in [0.29, 0.717) is 0 Å². The first-order valence-corrected chi connectivity index (χ1v) is 7.85. The molecule has 0 bridgehead atoms. The summed E-state index contributed by atoms with van der Waals surface area (Å²) in [6.45, 7) is 0. The van der Waals surface area contributed by atoms with Crippen molar-refractivity contribution in [1.82, 2.24) is 10.6 Å². The van der Waals surface area contributed by atoms with Crippen molar-refractivity contribution in [3.8, 4) is 0 Å². The Morgan fingerprint density at radius 3 is 1.76 bits per heavy atom. The predicted octanol–water partition coefficient (Wildman–Crippen LogP) is -1.97. The molecule has 0 aliphatic carbocycles. The minimum atomic E-state index is -1.44. The number of carboxylic acid groups (broad SMARTS) is 3. The highest BCUT2D eigenvalue weighted by atomic mass is 32.1. The molecule has 25 heavy (non-hydrogen) atoms. The average molecular weight is 379 g/mol. The first-order valence-electron chi connectivity index (χ1n) is 7.22. The second kappa shape index (κ2) is 11.3. The molecule has 0 fully saturated rings. The summed E-state index contributed by atoms with van der Waals surface area (Å²) < 4.78 is 0. The van der Waals surface area contributed by atoms with E-state index < -0.39 is 54.3 Å². The average Bonchev–Trinajstić information content (AvgIpc) is 2.52. The fourth-order valence-corrected chi connectivity index (χ4v) is 1.94. The zero-order valence-electron chi connectivity index (χ0n) is 13.2. The standard InChI is InChI=1S/C13H21N3O8S/c14-6(1-3-9(17)18)11(21)16-8(5-25)12(22)15-7(13(23)24)2-4-10(19)20/h6-8,25H,1-5,14H2,(H,15,22)(H,16,21)(H,17,18)(H,19,20)(H,23,24)/t6-,7-,8-/m0/s1. The van der Waals surface area contributed by atoms with Gasteiger partial charge in [0, 0.05) is 18.6 Å². The molecule has 3 atom stereocenters. The lowest BCUT2D eigenvalue weighted by molar-refractivity contribution is -0.143. The highest BCUT2D eigenvalue weighted by molar-refractivity contribution is 7.80. The smallest absolute Gasteiger partial charge is 0.326 e. The maximum Gasteiger partial charge on any atom is 0.326 e. The van der Waals surface area contributed by atoms with Gasteiger partial charge in [-0.05, 0) is 12.8 Å². The summed E-state index contributed by atoms with van der Waals surface area (Å²) in [6.07, 6.45) is -1.27.